The molecule has 17 nitrogen and oxygen atoms in total. The minimum Gasteiger partial charge on any atom is -0.462 e. The van der Waals surface area contributed by atoms with Crippen LogP contribution in [0, 0.1) is 11.8 Å². The van der Waals surface area contributed by atoms with Crippen LogP contribution in [-0.4, -0.2) is 96.7 Å². The third kappa shape index (κ3) is 82.6. The number of unbranched alkanes of at least 4 members (excludes halogenated alkanes) is 59. The Morgan fingerprint density at radius 3 is 0.691 bits per heavy atom. The van der Waals surface area contributed by atoms with Gasteiger partial charge in [-0.05, 0) is 37.5 Å². The van der Waals surface area contributed by atoms with E-state index in [0.29, 0.717) is 25.7 Å². The zero-order valence-electron chi connectivity index (χ0n) is 72.6. The molecule has 0 saturated carbocycles. The van der Waals surface area contributed by atoms with E-state index in [0.717, 1.165) is 102 Å². The van der Waals surface area contributed by atoms with E-state index in [9.17, 15) is 43.2 Å². The summed E-state index contributed by atoms with van der Waals surface area (Å²) in [6.07, 6.45) is 76.3. The Morgan fingerprint density at radius 2 is 0.464 bits per heavy atom. The maximum Gasteiger partial charge on any atom is 0.472 e. The smallest absolute Gasteiger partial charge is 0.462 e. The summed E-state index contributed by atoms with van der Waals surface area (Å²) >= 11 is 0. The topological polar surface area (TPSA) is 237 Å². The largest absolute Gasteiger partial charge is 0.472 e. The van der Waals surface area contributed by atoms with Gasteiger partial charge in [0.05, 0.1) is 26.4 Å². The van der Waals surface area contributed by atoms with Gasteiger partial charge in [0.15, 0.2) is 12.2 Å². The summed E-state index contributed by atoms with van der Waals surface area (Å²) in [6, 6.07) is 0. The fourth-order valence-electron chi connectivity index (χ4n) is 14.3. The monoisotopic (exact) mass is 1610 g/mol. The van der Waals surface area contributed by atoms with Crippen LogP contribution >= 0.6 is 15.6 Å². The van der Waals surface area contributed by atoms with E-state index in [4.69, 9.17) is 37.0 Å². The predicted octanol–water partition coefficient (Wildman–Crippen LogP) is 28.2. The van der Waals surface area contributed by atoms with Crippen molar-refractivity contribution in [2.24, 2.45) is 11.8 Å². The van der Waals surface area contributed by atoms with Gasteiger partial charge in [0.1, 0.15) is 19.3 Å². The lowest BCUT2D eigenvalue weighted by Gasteiger charge is -2.21. The van der Waals surface area contributed by atoms with E-state index >= 15 is 0 Å². The first-order chi connectivity index (χ1) is 53.4. The number of hydrogen-bond donors (Lipinski definition) is 3. The van der Waals surface area contributed by atoms with Crippen molar-refractivity contribution in [2.75, 3.05) is 39.6 Å². The number of aliphatic hydroxyl groups is 1. The molecule has 0 saturated heterocycles. The molecule has 3 N–H and O–H groups in total. The van der Waals surface area contributed by atoms with Crippen LogP contribution in [0.15, 0.2) is 0 Å². The zero-order chi connectivity index (χ0) is 80.6. The molecule has 0 amide bonds. The number of ether oxygens (including phenoxy) is 4. The van der Waals surface area contributed by atoms with Crippen molar-refractivity contribution in [1.82, 2.24) is 0 Å². The van der Waals surface area contributed by atoms with Crippen LogP contribution < -0.4 is 0 Å². The van der Waals surface area contributed by atoms with E-state index in [1.807, 2.05) is 0 Å². The molecule has 654 valence electrons. The van der Waals surface area contributed by atoms with Gasteiger partial charge in [-0.1, -0.05) is 440 Å². The van der Waals surface area contributed by atoms with Gasteiger partial charge in [0, 0.05) is 25.7 Å². The van der Waals surface area contributed by atoms with E-state index in [2.05, 4.69) is 41.5 Å². The van der Waals surface area contributed by atoms with Crippen molar-refractivity contribution >= 4 is 39.5 Å². The van der Waals surface area contributed by atoms with Crippen LogP contribution in [0.4, 0.5) is 0 Å². The standard InChI is InChI=1S/C91H178O17P2/c1-7-10-12-14-16-18-20-22-23-24-25-26-27-28-33-39-45-51-57-63-69-75-90(95)108-87(80-102-89(94)74-68-62-56-50-44-38-32-30-29-31-36-41-47-53-59-65-71-83(4)5)82-106-110(99,100)104-78-85(92)77-103-109(97,98)105-81-86(79-101-88(93)73-67-61-55-49-43-21-19-17-15-13-11-8-2)107-91(96)76-70-64-58-52-46-40-35-34-37-42-48-54-60-66-72-84(6)9-3/h83-87,92H,7-82H2,1-6H3,(H,97,98)(H,99,100)/t84?,85-,86+,87+/m0/s1. The van der Waals surface area contributed by atoms with Crippen molar-refractivity contribution < 1.29 is 80.2 Å². The Hall–Kier alpha value is -1.94. The molecular formula is C91H178O17P2. The molecule has 0 bridgehead atoms. The molecule has 0 aliphatic heterocycles. The summed E-state index contributed by atoms with van der Waals surface area (Å²) in [7, 11) is -9.94. The molecule has 6 atom stereocenters. The van der Waals surface area contributed by atoms with Crippen LogP contribution in [0.25, 0.3) is 0 Å². The number of rotatable bonds is 90. The van der Waals surface area contributed by atoms with E-state index in [1.165, 1.54) is 308 Å². The minimum absolute atomic E-state index is 0.108. The lowest BCUT2D eigenvalue weighted by atomic mass is 9.99. The van der Waals surface area contributed by atoms with Gasteiger partial charge in [0.25, 0.3) is 0 Å². The number of carbonyl (C=O) groups excluding carboxylic acids is 4. The number of phosphoric ester groups is 2. The molecule has 0 spiro atoms. The van der Waals surface area contributed by atoms with Gasteiger partial charge >= 0.3 is 39.5 Å². The highest BCUT2D eigenvalue weighted by molar-refractivity contribution is 7.47. The van der Waals surface area contributed by atoms with Crippen molar-refractivity contribution in [3.05, 3.63) is 0 Å². The van der Waals surface area contributed by atoms with Gasteiger partial charge in [0.2, 0.25) is 0 Å². The molecule has 0 heterocycles. The second-order valence-corrected chi connectivity index (χ2v) is 36.3. The minimum atomic E-state index is -4.97. The fraction of sp³-hybridized carbons (Fsp3) is 0.956. The summed E-state index contributed by atoms with van der Waals surface area (Å²) < 4.78 is 69.1. The average Bonchev–Trinajstić information content (AvgIpc) is 0.897. The van der Waals surface area contributed by atoms with Crippen LogP contribution in [0.1, 0.15) is 491 Å². The van der Waals surface area contributed by atoms with Crippen LogP contribution in [0.3, 0.4) is 0 Å². The van der Waals surface area contributed by atoms with Gasteiger partial charge in [-0.2, -0.15) is 0 Å². The maximum atomic E-state index is 13.2. The van der Waals surface area contributed by atoms with E-state index in [-0.39, 0.29) is 25.7 Å². The Labute approximate surface area is 677 Å². The van der Waals surface area contributed by atoms with E-state index < -0.39 is 97.5 Å². The molecule has 0 fully saturated rings. The fourth-order valence-corrected chi connectivity index (χ4v) is 15.9. The molecule has 0 radical (unpaired) electrons. The second kappa shape index (κ2) is 82.2. The molecule has 0 rings (SSSR count). The highest BCUT2D eigenvalue weighted by Gasteiger charge is 2.31. The van der Waals surface area contributed by atoms with Crippen molar-refractivity contribution in [1.29, 1.82) is 0 Å². The summed E-state index contributed by atoms with van der Waals surface area (Å²) in [6.45, 7) is 9.79. The quantitative estimate of drug-likeness (QED) is 0.0222. The molecule has 0 aromatic carbocycles. The van der Waals surface area contributed by atoms with Gasteiger partial charge in [-0.25, -0.2) is 9.13 Å². The molecule has 3 unspecified atom stereocenters. The van der Waals surface area contributed by atoms with E-state index in [1.54, 1.807) is 0 Å². The van der Waals surface area contributed by atoms with Crippen molar-refractivity contribution in [2.45, 2.75) is 509 Å². The number of aliphatic hydroxyl groups excluding tert-OH is 1. The zero-order valence-corrected chi connectivity index (χ0v) is 74.4. The maximum absolute atomic E-state index is 13.2. The molecule has 0 aliphatic rings. The number of hydrogen-bond acceptors (Lipinski definition) is 15. The highest BCUT2D eigenvalue weighted by atomic mass is 31.2. The van der Waals surface area contributed by atoms with Gasteiger partial charge in [-0.3, -0.25) is 37.3 Å². The Bertz CT molecular complexity index is 2100. The average molecular weight is 1610 g/mol. The number of carbonyl (C=O) groups is 4. The number of phosphoric acid groups is 2. The third-order valence-corrected chi connectivity index (χ3v) is 23.7. The normalized spacial score (nSPS) is 14.0. The Kier molecular flexibility index (Phi) is 80.7. The van der Waals surface area contributed by atoms with Gasteiger partial charge < -0.3 is 33.8 Å². The predicted molar refractivity (Wildman–Crippen MR) is 455 cm³/mol. The Balaban J connectivity index is 5.25. The SMILES string of the molecule is CCCCCCCCCCCCCCCCCCCCCCCC(=O)O[C@H](COC(=O)CCCCCCCCCCCCCCCCCCC(C)C)COP(=O)(O)OC[C@@H](O)COP(=O)(O)OC[C@@H](COC(=O)CCCCCCCCCCCCCC)OC(=O)CCCCCCCCCCCCCCCCC(C)CC. The highest BCUT2D eigenvalue weighted by Crippen LogP contribution is 2.45. The van der Waals surface area contributed by atoms with Crippen molar-refractivity contribution in [3.63, 3.8) is 0 Å². The molecule has 0 aliphatic carbocycles. The first-order valence-corrected chi connectivity index (χ1v) is 50.0. The first kappa shape index (κ1) is 108. The summed E-state index contributed by atoms with van der Waals surface area (Å²) in [4.78, 5) is 73.4. The lowest BCUT2D eigenvalue weighted by molar-refractivity contribution is -0.161. The lowest BCUT2D eigenvalue weighted by Crippen LogP contribution is -2.30. The Morgan fingerprint density at radius 1 is 0.264 bits per heavy atom. The summed E-state index contributed by atoms with van der Waals surface area (Å²) in [5, 5.41) is 10.7. The molecular weight excluding hydrogens is 1430 g/mol. The van der Waals surface area contributed by atoms with Gasteiger partial charge in [-0.15, -0.1) is 0 Å². The van der Waals surface area contributed by atoms with Crippen molar-refractivity contribution in [3.8, 4) is 0 Å². The molecule has 0 aromatic heterocycles. The first-order valence-electron chi connectivity index (χ1n) is 47.0. The summed E-state index contributed by atoms with van der Waals surface area (Å²) in [5.41, 5.74) is 0. The molecule has 110 heavy (non-hydrogen) atoms. The third-order valence-electron chi connectivity index (χ3n) is 21.8. The molecule has 0 aromatic rings. The molecule has 19 heteroatoms. The second-order valence-electron chi connectivity index (χ2n) is 33.4. The summed E-state index contributed by atoms with van der Waals surface area (Å²) in [5.74, 6) is -0.436. The van der Waals surface area contributed by atoms with Crippen LogP contribution in [0.2, 0.25) is 0 Å². The van der Waals surface area contributed by atoms with Crippen LogP contribution in [-0.2, 0) is 65.4 Å². The number of esters is 4. The van der Waals surface area contributed by atoms with Crippen LogP contribution in [0.5, 0.6) is 0 Å².